The van der Waals surface area contributed by atoms with E-state index in [2.05, 4.69) is 22.9 Å². The molecule has 1 aliphatic carbocycles. The summed E-state index contributed by atoms with van der Waals surface area (Å²) in [5.74, 6) is 0.877. The summed E-state index contributed by atoms with van der Waals surface area (Å²) in [4.78, 5) is 0.766. The molecule has 0 bridgehead atoms. The Hall–Kier alpha value is 0.440. The van der Waals surface area contributed by atoms with Crippen LogP contribution in [0.2, 0.25) is 0 Å². The van der Waals surface area contributed by atoms with E-state index in [0.717, 1.165) is 24.0 Å². The van der Waals surface area contributed by atoms with E-state index in [1.165, 1.54) is 38.5 Å². The van der Waals surface area contributed by atoms with Gasteiger partial charge in [0.15, 0.2) is 0 Å². The Kier molecular flexibility index (Phi) is 6.05. The van der Waals surface area contributed by atoms with Gasteiger partial charge in [0.05, 0.1) is 0 Å². The van der Waals surface area contributed by atoms with Gasteiger partial charge in [0, 0.05) is 18.0 Å². The molecule has 2 atom stereocenters. The first kappa shape index (κ1) is 11.5. The molecule has 78 valence electrons. The van der Waals surface area contributed by atoms with Crippen molar-refractivity contribution < 1.29 is 4.74 Å². The highest BCUT2D eigenvalue weighted by Gasteiger charge is 2.23. The van der Waals surface area contributed by atoms with Crippen molar-refractivity contribution in [1.29, 1.82) is 0 Å². The number of alkyl halides is 1. The van der Waals surface area contributed by atoms with Gasteiger partial charge < -0.3 is 4.74 Å². The van der Waals surface area contributed by atoms with Crippen LogP contribution in [0.4, 0.5) is 0 Å². The maximum atomic E-state index is 5.56. The molecule has 2 unspecified atom stereocenters. The van der Waals surface area contributed by atoms with Gasteiger partial charge in [-0.1, -0.05) is 35.7 Å². The van der Waals surface area contributed by atoms with Crippen molar-refractivity contribution in [2.75, 3.05) is 13.2 Å². The Labute approximate surface area is 90.4 Å². The molecule has 0 aromatic rings. The van der Waals surface area contributed by atoms with E-state index in [1.54, 1.807) is 0 Å². The summed E-state index contributed by atoms with van der Waals surface area (Å²) in [7, 11) is 0. The summed E-state index contributed by atoms with van der Waals surface area (Å²) in [6, 6.07) is 0. The molecule has 0 aromatic carbocycles. The molecule has 2 heteroatoms. The summed E-state index contributed by atoms with van der Waals surface area (Å²) in [5, 5.41) is 0. The normalized spacial score (nSPS) is 28.2. The van der Waals surface area contributed by atoms with Crippen LogP contribution < -0.4 is 0 Å². The maximum Gasteiger partial charge on any atom is 0.0469 e. The molecule has 1 rings (SSSR count). The van der Waals surface area contributed by atoms with E-state index < -0.39 is 0 Å². The van der Waals surface area contributed by atoms with Gasteiger partial charge in [-0.2, -0.15) is 0 Å². The van der Waals surface area contributed by atoms with E-state index in [-0.39, 0.29) is 0 Å². The van der Waals surface area contributed by atoms with Crippen LogP contribution in [-0.4, -0.2) is 18.0 Å². The Morgan fingerprint density at radius 2 is 2.15 bits per heavy atom. The highest BCUT2D eigenvalue weighted by molar-refractivity contribution is 9.09. The van der Waals surface area contributed by atoms with Crippen LogP contribution in [-0.2, 0) is 4.74 Å². The second-order valence-corrected chi connectivity index (χ2v) is 5.14. The minimum absolute atomic E-state index is 0.766. The van der Waals surface area contributed by atoms with Crippen LogP contribution >= 0.6 is 15.9 Å². The standard InChI is InChI=1S/C11H21BrO/c1-2-3-8-13-9-7-10-5-4-6-11(10)12/h10-11H,2-9H2,1H3. The first-order valence-corrected chi connectivity index (χ1v) is 6.48. The molecule has 1 fully saturated rings. The van der Waals surface area contributed by atoms with Crippen molar-refractivity contribution in [2.24, 2.45) is 5.92 Å². The van der Waals surface area contributed by atoms with Crippen molar-refractivity contribution in [3.63, 3.8) is 0 Å². The smallest absolute Gasteiger partial charge is 0.0469 e. The first-order valence-electron chi connectivity index (χ1n) is 5.56. The molecule has 1 saturated carbocycles. The van der Waals surface area contributed by atoms with Crippen LogP contribution in [0.15, 0.2) is 0 Å². The highest BCUT2D eigenvalue weighted by Crippen LogP contribution is 2.33. The lowest BCUT2D eigenvalue weighted by atomic mass is 10.1. The zero-order valence-electron chi connectivity index (χ0n) is 8.60. The van der Waals surface area contributed by atoms with Gasteiger partial charge in [-0.25, -0.2) is 0 Å². The molecular weight excluding hydrogens is 228 g/mol. The molecular formula is C11H21BrO. The number of halogens is 1. The average molecular weight is 249 g/mol. The quantitative estimate of drug-likeness (QED) is 0.514. The Balaban J connectivity index is 1.93. The van der Waals surface area contributed by atoms with E-state index in [4.69, 9.17) is 4.74 Å². The second kappa shape index (κ2) is 6.83. The van der Waals surface area contributed by atoms with Crippen LogP contribution in [0.3, 0.4) is 0 Å². The third-order valence-electron chi connectivity index (χ3n) is 2.84. The predicted octanol–water partition coefficient (Wildman–Crippen LogP) is 3.76. The van der Waals surface area contributed by atoms with E-state index >= 15 is 0 Å². The van der Waals surface area contributed by atoms with Crippen molar-refractivity contribution in [3.05, 3.63) is 0 Å². The van der Waals surface area contributed by atoms with Gasteiger partial charge in [0.1, 0.15) is 0 Å². The number of unbranched alkanes of at least 4 members (excludes halogenated alkanes) is 1. The van der Waals surface area contributed by atoms with Gasteiger partial charge in [0.2, 0.25) is 0 Å². The van der Waals surface area contributed by atoms with Crippen LogP contribution in [0.25, 0.3) is 0 Å². The molecule has 0 aromatic heterocycles. The number of hydrogen-bond acceptors (Lipinski definition) is 1. The third kappa shape index (κ3) is 4.46. The zero-order chi connectivity index (χ0) is 9.52. The fourth-order valence-electron chi connectivity index (χ4n) is 1.90. The van der Waals surface area contributed by atoms with Crippen molar-refractivity contribution >= 4 is 15.9 Å². The van der Waals surface area contributed by atoms with E-state index in [9.17, 15) is 0 Å². The van der Waals surface area contributed by atoms with E-state index in [1.807, 2.05) is 0 Å². The minimum atomic E-state index is 0.766. The number of hydrogen-bond donors (Lipinski definition) is 0. The van der Waals surface area contributed by atoms with Crippen molar-refractivity contribution in [1.82, 2.24) is 0 Å². The van der Waals surface area contributed by atoms with Gasteiger partial charge in [-0.15, -0.1) is 0 Å². The Morgan fingerprint density at radius 1 is 1.31 bits per heavy atom. The van der Waals surface area contributed by atoms with Crippen LogP contribution in [0, 0.1) is 5.92 Å². The van der Waals surface area contributed by atoms with Gasteiger partial charge in [-0.05, 0) is 31.6 Å². The Bertz CT molecular complexity index is 127. The largest absolute Gasteiger partial charge is 0.381 e. The molecule has 0 amide bonds. The fraction of sp³-hybridized carbons (Fsp3) is 1.00. The van der Waals surface area contributed by atoms with Crippen molar-refractivity contribution in [3.8, 4) is 0 Å². The molecule has 0 aliphatic heterocycles. The summed E-state index contributed by atoms with van der Waals surface area (Å²) in [6.07, 6.45) is 7.86. The van der Waals surface area contributed by atoms with Crippen LogP contribution in [0.1, 0.15) is 45.4 Å². The van der Waals surface area contributed by atoms with Gasteiger partial charge >= 0.3 is 0 Å². The highest BCUT2D eigenvalue weighted by atomic mass is 79.9. The van der Waals surface area contributed by atoms with E-state index in [0.29, 0.717) is 0 Å². The molecule has 0 heterocycles. The van der Waals surface area contributed by atoms with Crippen LogP contribution in [0.5, 0.6) is 0 Å². The zero-order valence-corrected chi connectivity index (χ0v) is 10.2. The lowest BCUT2D eigenvalue weighted by molar-refractivity contribution is 0.118. The first-order chi connectivity index (χ1) is 6.34. The molecule has 1 nitrogen and oxygen atoms in total. The summed E-state index contributed by atoms with van der Waals surface area (Å²) in [6.45, 7) is 4.12. The Morgan fingerprint density at radius 3 is 2.77 bits per heavy atom. The van der Waals surface area contributed by atoms with Gasteiger partial charge in [0.25, 0.3) is 0 Å². The second-order valence-electron chi connectivity index (χ2n) is 3.96. The topological polar surface area (TPSA) is 9.23 Å². The molecule has 0 spiro atoms. The lowest BCUT2D eigenvalue weighted by Crippen LogP contribution is -2.10. The minimum Gasteiger partial charge on any atom is -0.381 e. The SMILES string of the molecule is CCCCOCCC1CCCC1Br. The monoisotopic (exact) mass is 248 g/mol. The lowest BCUT2D eigenvalue weighted by Gasteiger charge is -2.13. The number of rotatable bonds is 6. The molecule has 0 N–H and O–H groups in total. The molecule has 1 aliphatic rings. The maximum absolute atomic E-state index is 5.56. The third-order valence-corrected chi connectivity index (χ3v) is 4.05. The van der Waals surface area contributed by atoms with Gasteiger partial charge in [-0.3, -0.25) is 0 Å². The number of ether oxygens (including phenoxy) is 1. The predicted molar refractivity (Wildman–Crippen MR) is 60.4 cm³/mol. The van der Waals surface area contributed by atoms with Crippen molar-refractivity contribution in [2.45, 2.75) is 50.3 Å². The molecule has 0 radical (unpaired) electrons. The fourth-order valence-corrected chi connectivity index (χ4v) is 2.75. The molecule has 13 heavy (non-hydrogen) atoms. The summed E-state index contributed by atoms with van der Waals surface area (Å²) >= 11 is 3.73. The summed E-state index contributed by atoms with van der Waals surface area (Å²) < 4.78 is 5.56. The average Bonchev–Trinajstić information content (AvgIpc) is 2.52. The summed E-state index contributed by atoms with van der Waals surface area (Å²) in [5.41, 5.74) is 0. The molecule has 0 saturated heterocycles.